The van der Waals surface area contributed by atoms with Crippen LogP contribution in [0.25, 0.3) is 0 Å². The van der Waals surface area contributed by atoms with Gasteiger partial charge in [0, 0.05) is 17.7 Å². The largest absolute Gasteiger partial charge is 0.381 e. The fourth-order valence-corrected chi connectivity index (χ4v) is 5.57. The van der Waals surface area contributed by atoms with Crippen molar-refractivity contribution in [2.24, 2.45) is 0 Å². The lowest BCUT2D eigenvalue weighted by atomic mass is 9.82. The lowest BCUT2D eigenvalue weighted by molar-refractivity contribution is -0.136. The van der Waals surface area contributed by atoms with Gasteiger partial charge < -0.3 is 15.4 Å². The van der Waals surface area contributed by atoms with Crippen molar-refractivity contribution in [1.82, 2.24) is 15.5 Å². The van der Waals surface area contributed by atoms with E-state index in [1.807, 2.05) is 48.5 Å². The molecule has 2 aromatic rings. The summed E-state index contributed by atoms with van der Waals surface area (Å²) in [7, 11) is 0. The number of urea groups is 1. The predicted octanol–water partition coefficient (Wildman–Crippen LogP) is 2.96. The highest BCUT2D eigenvalue weighted by atomic mass is 79.9. The number of nitrogens with one attached hydrogen (secondary N) is 2. The molecule has 7 nitrogen and oxygen atoms in total. The quantitative estimate of drug-likeness (QED) is 0.635. The molecule has 4 amide bonds. The van der Waals surface area contributed by atoms with Crippen LogP contribution in [0.5, 0.6) is 0 Å². The van der Waals surface area contributed by atoms with Gasteiger partial charge in [-0.1, -0.05) is 52.3 Å². The van der Waals surface area contributed by atoms with Crippen molar-refractivity contribution < 1.29 is 19.1 Å². The average molecular weight is 498 g/mol. The van der Waals surface area contributed by atoms with Crippen LogP contribution in [-0.2, 0) is 31.8 Å². The third-order valence-corrected chi connectivity index (χ3v) is 7.32. The van der Waals surface area contributed by atoms with Gasteiger partial charge in [-0.15, -0.1) is 0 Å². The van der Waals surface area contributed by atoms with Crippen LogP contribution in [0, 0.1) is 0 Å². The Morgan fingerprint density at radius 2 is 1.88 bits per heavy atom. The molecule has 1 unspecified atom stereocenters. The van der Waals surface area contributed by atoms with Gasteiger partial charge in [0.05, 0.1) is 5.54 Å². The Labute approximate surface area is 194 Å². The number of aryl methyl sites for hydroxylation is 1. The molecule has 1 atom stereocenters. The number of carbonyl (C=O) groups is 3. The number of rotatable bonds is 4. The van der Waals surface area contributed by atoms with Gasteiger partial charge in [-0.3, -0.25) is 14.5 Å². The smallest absolute Gasteiger partial charge is 0.325 e. The first-order chi connectivity index (χ1) is 15.4. The minimum Gasteiger partial charge on any atom is -0.381 e. The van der Waals surface area contributed by atoms with Gasteiger partial charge in [0.2, 0.25) is 5.91 Å². The van der Waals surface area contributed by atoms with E-state index < -0.39 is 17.1 Å². The Morgan fingerprint density at radius 1 is 1.09 bits per heavy atom. The number of imide groups is 1. The van der Waals surface area contributed by atoms with Crippen LogP contribution in [0.15, 0.2) is 53.0 Å². The van der Waals surface area contributed by atoms with Crippen molar-refractivity contribution in [3.8, 4) is 0 Å². The first kappa shape index (κ1) is 21.2. The topological polar surface area (TPSA) is 87.7 Å². The average Bonchev–Trinajstić information content (AvgIpc) is 3.27. The van der Waals surface area contributed by atoms with E-state index in [1.165, 1.54) is 0 Å². The first-order valence-corrected chi connectivity index (χ1v) is 11.6. The summed E-state index contributed by atoms with van der Waals surface area (Å²) < 4.78 is 6.45. The van der Waals surface area contributed by atoms with Crippen LogP contribution in [-0.4, -0.2) is 42.5 Å². The number of hydrogen-bond acceptors (Lipinski definition) is 4. The minimum atomic E-state index is -1.06. The third-order valence-electron chi connectivity index (χ3n) is 6.83. The van der Waals surface area contributed by atoms with Gasteiger partial charge in [0.25, 0.3) is 5.91 Å². The number of ether oxygens (including phenoxy) is 1. The molecule has 2 saturated heterocycles. The molecule has 0 bridgehead atoms. The number of halogens is 1. The molecule has 2 fully saturated rings. The molecular weight excluding hydrogens is 474 g/mol. The van der Waals surface area contributed by atoms with Gasteiger partial charge in [0.1, 0.15) is 12.1 Å². The molecule has 3 aliphatic rings. The summed E-state index contributed by atoms with van der Waals surface area (Å²) in [5, 5.41) is 6.00. The maximum Gasteiger partial charge on any atom is 0.325 e. The van der Waals surface area contributed by atoms with E-state index >= 15 is 0 Å². The fraction of sp³-hybridized carbons (Fsp3) is 0.375. The summed E-state index contributed by atoms with van der Waals surface area (Å²) >= 11 is 3.50. The van der Waals surface area contributed by atoms with Crippen LogP contribution in [0.4, 0.5) is 4.79 Å². The van der Waals surface area contributed by atoms with Crippen molar-refractivity contribution >= 4 is 33.8 Å². The molecule has 2 N–H and O–H groups in total. The van der Waals surface area contributed by atoms with Gasteiger partial charge in [-0.05, 0) is 54.5 Å². The van der Waals surface area contributed by atoms with E-state index in [1.54, 1.807) is 0 Å². The zero-order valence-corrected chi connectivity index (χ0v) is 19.1. The lowest BCUT2D eigenvalue weighted by Crippen LogP contribution is -2.53. The molecular formula is C24H24BrN3O4. The lowest BCUT2D eigenvalue weighted by Gasteiger charge is -2.39. The molecule has 166 valence electrons. The summed E-state index contributed by atoms with van der Waals surface area (Å²) in [5.41, 5.74) is 1.20. The Hall–Kier alpha value is -2.71. The highest BCUT2D eigenvalue weighted by molar-refractivity contribution is 9.10. The summed E-state index contributed by atoms with van der Waals surface area (Å²) in [6.07, 6.45) is 2.46. The van der Waals surface area contributed by atoms with Crippen molar-refractivity contribution in [1.29, 1.82) is 0 Å². The van der Waals surface area contributed by atoms with Gasteiger partial charge in [-0.2, -0.15) is 0 Å². The van der Waals surface area contributed by atoms with E-state index in [9.17, 15) is 14.4 Å². The fourth-order valence-electron chi connectivity index (χ4n) is 5.18. The van der Waals surface area contributed by atoms with Gasteiger partial charge >= 0.3 is 6.03 Å². The van der Waals surface area contributed by atoms with Crippen LogP contribution < -0.4 is 10.6 Å². The van der Waals surface area contributed by atoms with Gasteiger partial charge in [-0.25, -0.2) is 4.79 Å². The van der Waals surface area contributed by atoms with Crippen molar-refractivity contribution in [3.05, 3.63) is 69.7 Å². The van der Waals surface area contributed by atoms with E-state index in [0.29, 0.717) is 38.9 Å². The van der Waals surface area contributed by atoms with E-state index in [2.05, 4.69) is 26.6 Å². The zero-order chi connectivity index (χ0) is 22.3. The van der Waals surface area contributed by atoms with E-state index in [-0.39, 0.29) is 18.4 Å². The van der Waals surface area contributed by atoms with Crippen LogP contribution in [0.2, 0.25) is 0 Å². The highest BCUT2D eigenvalue weighted by Crippen LogP contribution is 2.41. The van der Waals surface area contributed by atoms with Crippen molar-refractivity contribution in [3.63, 3.8) is 0 Å². The van der Waals surface area contributed by atoms with Crippen molar-refractivity contribution in [2.75, 3.05) is 19.8 Å². The summed E-state index contributed by atoms with van der Waals surface area (Å²) in [4.78, 5) is 40.3. The van der Waals surface area contributed by atoms with Crippen LogP contribution in [0.1, 0.15) is 36.0 Å². The monoisotopic (exact) mass is 497 g/mol. The first-order valence-electron chi connectivity index (χ1n) is 10.8. The summed E-state index contributed by atoms with van der Waals surface area (Å²) in [6.45, 7) is 0.733. The molecule has 0 aromatic heterocycles. The van der Waals surface area contributed by atoms with E-state index in [0.717, 1.165) is 26.1 Å². The Kier molecular flexibility index (Phi) is 5.29. The molecule has 8 heteroatoms. The second-order valence-corrected chi connectivity index (χ2v) is 9.55. The molecule has 32 heavy (non-hydrogen) atoms. The Morgan fingerprint density at radius 3 is 2.66 bits per heavy atom. The van der Waals surface area contributed by atoms with Crippen molar-refractivity contribution in [2.45, 2.75) is 36.8 Å². The summed E-state index contributed by atoms with van der Waals surface area (Å²) in [5.74, 6) is -0.718. The second kappa shape index (κ2) is 8.01. The molecule has 2 aromatic carbocycles. The maximum atomic E-state index is 13.4. The third kappa shape index (κ3) is 3.42. The van der Waals surface area contributed by atoms with E-state index in [4.69, 9.17) is 4.74 Å². The van der Waals surface area contributed by atoms with Crippen LogP contribution in [0.3, 0.4) is 0 Å². The number of amides is 4. The predicted molar refractivity (Wildman–Crippen MR) is 121 cm³/mol. The molecule has 2 heterocycles. The minimum absolute atomic E-state index is 0.314. The van der Waals surface area contributed by atoms with Gasteiger partial charge in [0.15, 0.2) is 0 Å². The number of benzene rings is 2. The SMILES string of the molecule is O=C(CN1C(=O)NC2(CCc3ccccc32)C1=O)NC1(c2cccc(Br)c2)CCOCC1. The number of hydrogen-bond donors (Lipinski definition) is 2. The van der Waals surface area contributed by atoms with Crippen LogP contribution >= 0.6 is 15.9 Å². The molecule has 1 spiro atoms. The molecule has 2 aliphatic heterocycles. The molecule has 0 radical (unpaired) electrons. The number of carbonyl (C=O) groups excluding carboxylic acids is 3. The number of fused-ring (bicyclic) bond motifs is 2. The molecule has 5 rings (SSSR count). The number of nitrogens with zero attached hydrogens (tertiary/aromatic N) is 1. The Bertz CT molecular complexity index is 1100. The molecule has 0 saturated carbocycles. The standard InChI is InChI=1S/C24H24BrN3O4/c25-18-6-3-5-17(14-18)23(10-12-32-13-11-23)26-20(29)15-28-21(30)24(27-22(28)31)9-8-16-4-1-2-7-19(16)24/h1-7,14H,8-13,15H2,(H,26,29)(H,27,31). The normalized spacial score (nSPS) is 23.8. The summed E-state index contributed by atoms with van der Waals surface area (Å²) in [6, 6.07) is 15.0. The highest BCUT2D eigenvalue weighted by Gasteiger charge is 2.55. The second-order valence-electron chi connectivity index (χ2n) is 8.64. The zero-order valence-electron chi connectivity index (χ0n) is 17.5. The molecule has 1 aliphatic carbocycles. The maximum absolute atomic E-state index is 13.4. The Balaban J connectivity index is 1.37.